The second kappa shape index (κ2) is 8.61. The van der Waals surface area contributed by atoms with E-state index in [1.165, 1.54) is 41.4 Å². The Kier molecular flexibility index (Phi) is 5.71. The van der Waals surface area contributed by atoms with Gasteiger partial charge in [-0.25, -0.2) is 14.4 Å². The number of hydrogen-bond acceptors (Lipinski definition) is 6. The molecule has 1 aromatic heterocycles. The number of carbonyl (C=O) groups is 2. The van der Waals surface area contributed by atoms with E-state index in [1.807, 2.05) is 6.07 Å². The zero-order valence-corrected chi connectivity index (χ0v) is 17.4. The summed E-state index contributed by atoms with van der Waals surface area (Å²) >= 11 is 6.15. The summed E-state index contributed by atoms with van der Waals surface area (Å²) in [4.78, 5) is 35.1. The van der Waals surface area contributed by atoms with Crippen LogP contribution in [0.15, 0.2) is 48.7 Å². The van der Waals surface area contributed by atoms with Crippen LogP contribution in [0.5, 0.6) is 5.75 Å². The molecule has 0 bridgehead atoms. The van der Waals surface area contributed by atoms with Crippen molar-refractivity contribution in [2.75, 3.05) is 18.6 Å². The Morgan fingerprint density at radius 3 is 2.78 bits per heavy atom. The molecule has 4 rings (SSSR count). The van der Waals surface area contributed by atoms with E-state index in [9.17, 15) is 14.0 Å². The molecule has 0 aliphatic carbocycles. The lowest BCUT2D eigenvalue weighted by molar-refractivity contribution is -0.120. The van der Waals surface area contributed by atoms with Gasteiger partial charge in [0.1, 0.15) is 24.2 Å². The molecule has 2 amide bonds. The number of nitrogens with zero attached hydrogens (tertiary/aromatic N) is 4. The van der Waals surface area contributed by atoms with Gasteiger partial charge in [-0.2, -0.15) is 5.26 Å². The number of amides is 2. The van der Waals surface area contributed by atoms with E-state index in [0.29, 0.717) is 22.6 Å². The normalized spacial score (nSPS) is 15.2. The van der Waals surface area contributed by atoms with E-state index in [0.717, 1.165) is 0 Å². The summed E-state index contributed by atoms with van der Waals surface area (Å²) in [6, 6.07) is 11.2. The lowest BCUT2D eigenvalue weighted by Gasteiger charge is -2.20. The molecule has 1 aliphatic heterocycles. The molecule has 2 aromatic carbocycles. The highest BCUT2D eigenvalue weighted by Crippen LogP contribution is 2.31. The third-order valence-corrected chi connectivity index (χ3v) is 5.13. The molecular weight excluding hydrogens is 437 g/mol. The van der Waals surface area contributed by atoms with Crippen LogP contribution >= 0.6 is 11.6 Å². The van der Waals surface area contributed by atoms with Gasteiger partial charge in [-0.3, -0.25) is 9.59 Å². The minimum Gasteiger partial charge on any atom is -0.489 e. The smallest absolute Gasteiger partial charge is 0.289 e. The predicted octanol–water partition coefficient (Wildman–Crippen LogP) is 2.96. The SMILES string of the molecule is CN1C(=O)[C@@H](NC(=O)c2ncc(Cl)c(-c3ccc(F)cc3)n2)COc2cc(C#N)ccc21. The maximum atomic E-state index is 13.2. The van der Waals surface area contributed by atoms with Crippen molar-refractivity contribution in [1.29, 1.82) is 5.26 Å². The number of nitriles is 1. The first-order chi connectivity index (χ1) is 15.4. The number of aromatic nitrogens is 2. The topological polar surface area (TPSA) is 108 Å². The fourth-order valence-corrected chi connectivity index (χ4v) is 3.39. The van der Waals surface area contributed by atoms with Gasteiger partial charge in [-0.1, -0.05) is 11.6 Å². The Morgan fingerprint density at radius 1 is 1.31 bits per heavy atom. The quantitative estimate of drug-likeness (QED) is 0.655. The van der Waals surface area contributed by atoms with Crippen molar-refractivity contribution in [3.8, 4) is 23.1 Å². The molecule has 0 saturated heterocycles. The molecule has 2 heterocycles. The molecule has 32 heavy (non-hydrogen) atoms. The monoisotopic (exact) mass is 451 g/mol. The Morgan fingerprint density at radius 2 is 2.06 bits per heavy atom. The van der Waals surface area contributed by atoms with Gasteiger partial charge in [-0.05, 0) is 36.4 Å². The summed E-state index contributed by atoms with van der Waals surface area (Å²) in [6.45, 7) is -0.144. The number of rotatable bonds is 3. The maximum absolute atomic E-state index is 13.2. The number of ether oxygens (including phenoxy) is 1. The van der Waals surface area contributed by atoms with Gasteiger partial charge >= 0.3 is 0 Å². The minimum atomic E-state index is -1.01. The summed E-state index contributed by atoms with van der Waals surface area (Å²) in [5.41, 5.74) is 1.62. The molecule has 1 aliphatic rings. The number of hydrogen-bond donors (Lipinski definition) is 1. The van der Waals surface area contributed by atoms with Gasteiger partial charge in [0.05, 0.1) is 34.2 Å². The fourth-order valence-electron chi connectivity index (χ4n) is 3.19. The summed E-state index contributed by atoms with van der Waals surface area (Å²) in [5, 5.41) is 11.8. The van der Waals surface area contributed by atoms with Crippen LogP contribution in [-0.4, -0.2) is 41.5 Å². The van der Waals surface area contributed by atoms with Crippen LogP contribution in [0.3, 0.4) is 0 Å². The van der Waals surface area contributed by atoms with E-state index in [4.69, 9.17) is 21.6 Å². The first kappa shape index (κ1) is 21.2. The first-order valence-corrected chi connectivity index (χ1v) is 9.79. The molecule has 0 radical (unpaired) electrons. The van der Waals surface area contributed by atoms with Crippen LogP contribution in [0.4, 0.5) is 10.1 Å². The van der Waals surface area contributed by atoms with E-state index in [2.05, 4.69) is 15.3 Å². The first-order valence-electron chi connectivity index (χ1n) is 9.41. The standard InChI is InChI=1S/C22H15ClFN5O3/c1-29-17-7-2-12(9-25)8-18(17)32-11-16(22(29)31)27-21(30)20-26-10-15(23)19(28-20)13-3-5-14(24)6-4-13/h2-8,10,16H,11H2,1H3,(H,27,30)/t16-/m0/s1. The van der Waals surface area contributed by atoms with Crippen molar-refractivity contribution in [1.82, 2.24) is 15.3 Å². The highest BCUT2D eigenvalue weighted by molar-refractivity contribution is 6.32. The lowest BCUT2D eigenvalue weighted by Crippen LogP contribution is -2.49. The number of likely N-dealkylation sites (N-methyl/N-ethyl adjacent to an activating group) is 1. The number of nitrogens with one attached hydrogen (secondary N) is 1. The van der Waals surface area contributed by atoms with Crippen molar-refractivity contribution in [3.63, 3.8) is 0 Å². The zero-order chi connectivity index (χ0) is 22.8. The fraction of sp³-hybridized carbons (Fsp3) is 0.136. The molecule has 10 heteroatoms. The van der Waals surface area contributed by atoms with Crippen LogP contribution in [0.1, 0.15) is 16.2 Å². The van der Waals surface area contributed by atoms with Crippen molar-refractivity contribution < 1.29 is 18.7 Å². The second-order valence-electron chi connectivity index (χ2n) is 6.93. The highest BCUT2D eigenvalue weighted by Gasteiger charge is 2.31. The Bertz CT molecular complexity index is 1260. The van der Waals surface area contributed by atoms with Gasteiger partial charge in [-0.15, -0.1) is 0 Å². The summed E-state index contributed by atoms with van der Waals surface area (Å²) in [7, 11) is 1.55. The molecule has 1 atom stereocenters. The van der Waals surface area contributed by atoms with Crippen LogP contribution in [0, 0.1) is 17.1 Å². The molecule has 0 fully saturated rings. The second-order valence-corrected chi connectivity index (χ2v) is 7.33. The van der Waals surface area contributed by atoms with E-state index < -0.39 is 23.7 Å². The van der Waals surface area contributed by atoms with Crippen molar-refractivity contribution >= 4 is 29.1 Å². The summed E-state index contributed by atoms with van der Waals surface area (Å²) in [5.74, 6) is -1.38. The molecule has 0 saturated carbocycles. The van der Waals surface area contributed by atoms with E-state index in [1.54, 1.807) is 19.2 Å². The molecular formula is C22H15ClFN5O3. The van der Waals surface area contributed by atoms with Gasteiger partial charge in [0.2, 0.25) is 5.82 Å². The van der Waals surface area contributed by atoms with E-state index in [-0.39, 0.29) is 23.1 Å². The Hall–Kier alpha value is -4.03. The molecule has 0 spiro atoms. The highest BCUT2D eigenvalue weighted by atomic mass is 35.5. The molecule has 8 nitrogen and oxygen atoms in total. The zero-order valence-electron chi connectivity index (χ0n) is 16.7. The number of carbonyl (C=O) groups excluding carboxylic acids is 2. The maximum Gasteiger partial charge on any atom is 0.289 e. The van der Waals surface area contributed by atoms with Gasteiger partial charge in [0.15, 0.2) is 0 Å². The third-order valence-electron chi connectivity index (χ3n) is 4.85. The number of benzene rings is 2. The van der Waals surface area contributed by atoms with Crippen LogP contribution in [-0.2, 0) is 4.79 Å². The Labute approximate surface area is 187 Å². The minimum absolute atomic E-state index is 0.144. The van der Waals surface area contributed by atoms with Crippen molar-refractivity contribution in [3.05, 3.63) is 70.9 Å². The van der Waals surface area contributed by atoms with E-state index >= 15 is 0 Å². The molecule has 0 unspecified atom stereocenters. The number of fused-ring (bicyclic) bond motifs is 1. The van der Waals surface area contributed by atoms with Crippen molar-refractivity contribution in [2.45, 2.75) is 6.04 Å². The van der Waals surface area contributed by atoms with Crippen LogP contribution in [0.2, 0.25) is 5.02 Å². The largest absolute Gasteiger partial charge is 0.489 e. The lowest BCUT2D eigenvalue weighted by atomic mass is 10.1. The summed E-state index contributed by atoms with van der Waals surface area (Å²) in [6.07, 6.45) is 1.26. The van der Waals surface area contributed by atoms with Gasteiger partial charge in [0.25, 0.3) is 11.8 Å². The average Bonchev–Trinajstić information content (AvgIpc) is 2.91. The van der Waals surface area contributed by atoms with Gasteiger partial charge < -0.3 is 15.0 Å². The number of anilines is 1. The van der Waals surface area contributed by atoms with Crippen LogP contribution < -0.4 is 15.0 Å². The van der Waals surface area contributed by atoms with Gasteiger partial charge in [0, 0.05) is 18.7 Å². The molecule has 160 valence electrons. The third kappa shape index (κ3) is 4.08. The molecule has 1 N–H and O–H groups in total. The van der Waals surface area contributed by atoms with Crippen LogP contribution in [0.25, 0.3) is 11.3 Å². The Balaban J connectivity index is 1.56. The molecule has 3 aromatic rings. The number of halogens is 2. The predicted molar refractivity (Wildman–Crippen MR) is 114 cm³/mol. The average molecular weight is 452 g/mol. The summed E-state index contributed by atoms with van der Waals surface area (Å²) < 4.78 is 18.9. The van der Waals surface area contributed by atoms with Crippen molar-refractivity contribution in [2.24, 2.45) is 0 Å².